The van der Waals surface area contributed by atoms with Gasteiger partial charge in [-0.3, -0.25) is 14.9 Å². The molecule has 0 saturated carbocycles. The third-order valence-electron chi connectivity index (χ3n) is 4.73. The molecule has 0 aliphatic rings. The number of rotatable bonds is 7. The lowest BCUT2D eigenvalue weighted by Gasteiger charge is -2.13. The second-order valence-corrected chi connectivity index (χ2v) is 6.82. The van der Waals surface area contributed by atoms with Crippen LogP contribution in [0.5, 0.6) is 0 Å². The van der Waals surface area contributed by atoms with E-state index in [9.17, 15) is 25.0 Å². The van der Waals surface area contributed by atoms with Crippen LogP contribution in [-0.4, -0.2) is 38.3 Å². The van der Waals surface area contributed by atoms with Crippen molar-refractivity contribution in [2.75, 3.05) is 5.32 Å². The van der Waals surface area contributed by atoms with Gasteiger partial charge in [0.2, 0.25) is 5.52 Å². The molecule has 0 saturated heterocycles. The Morgan fingerprint density at radius 2 is 1.81 bits per heavy atom. The highest BCUT2D eigenvalue weighted by atomic mass is 16.6. The zero-order chi connectivity index (χ0) is 22.7. The summed E-state index contributed by atoms with van der Waals surface area (Å²) in [6.45, 7) is 0.169. The number of nitrogens with one attached hydrogen (secondary N) is 2. The molecule has 0 fully saturated rings. The predicted molar refractivity (Wildman–Crippen MR) is 116 cm³/mol. The van der Waals surface area contributed by atoms with Crippen molar-refractivity contribution in [1.82, 2.24) is 15.6 Å². The molecule has 1 amide bonds. The Kier molecular flexibility index (Phi) is 5.79. The molecular formula is C20H16BN5O6. The molecule has 160 valence electrons. The van der Waals surface area contributed by atoms with E-state index in [2.05, 4.69) is 25.6 Å². The molecule has 0 aliphatic carbocycles. The largest absolute Gasteiger partial charge is 0.488 e. The number of hydrogen-bond acceptors (Lipinski definition) is 9. The maximum absolute atomic E-state index is 12.8. The van der Waals surface area contributed by atoms with Crippen LogP contribution < -0.4 is 16.1 Å². The standard InChI is InChI=1S/C20H16BN5O6/c27-20(22-11-12-4-3-5-13(10-12)21(28)29)14-6-1-2-7-15(14)23-16-8-9-17(26(30)31)19-18(16)24-32-25-19/h1-10,23,28-29H,11H2,(H,22,27). The Morgan fingerprint density at radius 3 is 2.59 bits per heavy atom. The lowest BCUT2D eigenvalue weighted by atomic mass is 9.79. The van der Waals surface area contributed by atoms with Crippen molar-refractivity contribution in [2.45, 2.75) is 6.54 Å². The van der Waals surface area contributed by atoms with Crippen LogP contribution in [0.1, 0.15) is 15.9 Å². The molecule has 3 aromatic carbocycles. The Hall–Kier alpha value is -4.29. The average molecular weight is 433 g/mol. The topological polar surface area (TPSA) is 164 Å². The second kappa shape index (κ2) is 8.84. The first kappa shape index (κ1) is 21.0. The van der Waals surface area contributed by atoms with Gasteiger partial charge < -0.3 is 20.7 Å². The number of fused-ring (bicyclic) bond motifs is 1. The summed E-state index contributed by atoms with van der Waals surface area (Å²) in [5.41, 5.74) is 2.09. The maximum atomic E-state index is 12.8. The van der Waals surface area contributed by atoms with Gasteiger partial charge in [0.1, 0.15) is 0 Å². The SMILES string of the molecule is O=C(NCc1cccc(B(O)O)c1)c1ccccc1Nc1ccc([N+](=O)[O-])c2nonc12. The number of nitro benzene ring substituents is 1. The van der Waals surface area contributed by atoms with Crippen LogP contribution in [-0.2, 0) is 6.54 Å². The number of nitro groups is 1. The van der Waals surface area contributed by atoms with Gasteiger partial charge in [0.25, 0.3) is 5.91 Å². The number of anilines is 2. The average Bonchev–Trinajstić information content (AvgIpc) is 3.28. The number of non-ortho nitro benzene ring substituents is 1. The number of aromatic nitrogens is 2. The number of nitrogens with zero attached hydrogens (tertiary/aromatic N) is 3. The highest BCUT2D eigenvalue weighted by Gasteiger charge is 2.21. The Balaban J connectivity index is 1.56. The summed E-state index contributed by atoms with van der Waals surface area (Å²) >= 11 is 0. The highest BCUT2D eigenvalue weighted by Crippen LogP contribution is 2.31. The number of carbonyl (C=O) groups is 1. The molecule has 0 atom stereocenters. The van der Waals surface area contributed by atoms with Gasteiger partial charge in [0.15, 0.2) is 5.52 Å². The number of amides is 1. The lowest BCUT2D eigenvalue weighted by Crippen LogP contribution is -2.30. The minimum atomic E-state index is -1.60. The summed E-state index contributed by atoms with van der Waals surface area (Å²) in [6, 6.07) is 16.0. The molecule has 4 rings (SSSR count). The van der Waals surface area contributed by atoms with Crippen molar-refractivity contribution in [1.29, 1.82) is 0 Å². The minimum Gasteiger partial charge on any atom is -0.423 e. The molecule has 0 aliphatic heterocycles. The minimum absolute atomic E-state index is 0.00659. The number of benzene rings is 3. The van der Waals surface area contributed by atoms with Crippen molar-refractivity contribution in [3.05, 3.63) is 81.9 Å². The van der Waals surface area contributed by atoms with E-state index in [1.807, 2.05) is 0 Å². The van der Waals surface area contributed by atoms with Crippen LogP contribution >= 0.6 is 0 Å². The van der Waals surface area contributed by atoms with E-state index >= 15 is 0 Å². The Morgan fingerprint density at radius 1 is 1.03 bits per heavy atom. The van der Waals surface area contributed by atoms with Crippen molar-refractivity contribution in [3.8, 4) is 0 Å². The summed E-state index contributed by atoms with van der Waals surface area (Å²) in [4.78, 5) is 23.4. The summed E-state index contributed by atoms with van der Waals surface area (Å²) in [7, 11) is -1.60. The first-order valence-electron chi connectivity index (χ1n) is 9.43. The first-order valence-corrected chi connectivity index (χ1v) is 9.43. The van der Waals surface area contributed by atoms with E-state index in [4.69, 9.17) is 0 Å². The van der Waals surface area contributed by atoms with Gasteiger partial charge in [-0.15, -0.1) is 0 Å². The highest BCUT2D eigenvalue weighted by molar-refractivity contribution is 6.58. The Bertz CT molecular complexity index is 1310. The van der Waals surface area contributed by atoms with E-state index in [0.717, 1.165) is 0 Å². The number of hydrogen-bond donors (Lipinski definition) is 4. The summed E-state index contributed by atoms with van der Waals surface area (Å²) < 4.78 is 4.67. The van der Waals surface area contributed by atoms with Gasteiger partial charge >= 0.3 is 12.8 Å². The smallest absolute Gasteiger partial charge is 0.423 e. The molecule has 0 unspecified atom stereocenters. The molecule has 1 aromatic heterocycles. The predicted octanol–water partition coefficient (Wildman–Crippen LogP) is 1.48. The molecule has 1 heterocycles. The fraction of sp³-hybridized carbons (Fsp3) is 0.0500. The third-order valence-corrected chi connectivity index (χ3v) is 4.73. The lowest BCUT2D eigenvalue weighted by molar-refractivity contribution is -0.383. The Labute approximate surface area is 180 Å². The zero-order valence-electron chi connectivity index (χ0n) is 16.4. The van der Waals surface area contributed by atoms with Gasteiger partial charge in [-0.2, -0.15) is 0 Å². The van der Waals surface area contributed by atoms with Crippen molar-refractivity contribution >= 4 is 46.6 Å². The first-order chi connectivity index (χ1) is 15.4. The fourth-order valence-corrected chi connectivity index (χ4v) is 3.18. The second-order valence-electron chi connectivity index (χ2n) is 6.82. The molecular weight excluding hydrogens is 417 g/mol. The van der Waals surface area contributed by atoms with Gasteiger partial charge in [-0.25, -0.2) is 4.63 Å². The monoisotopic (exact) mass is 433 g/mol. The van der Waals surface area contributed by atoms with Crippen molar-refractivity contribution in [3.63, 3.8) is 0 Å². The van der Waals surface area contributed by atoms with Crippen LogP contribution in [0.2, 0.25) is 0 Å². The molecule has 0 radical (unpaired) electrons. The molecule has 11 nitrogen and oxygen atoms in total. The molecule has 0 bridgehead atoms. The fourth-order valence-electron chi connectivity index (χ4n) is 3.18. The normalized spacial score (nSPS) is 10.7. The number of para-hydroxylation sites is 1. The van der Waals surface area contributed by atoms with Crippen molar-refractivity contribution < 1.29 is 24.4 Å². The molecule has 32 heavy (non-hydrogen) atoms. The summed E-state index contributed by atoms with van der Waals surface area (Å²) in [5, 5.41) is 42.9. The van der Waals surface area contributed by atoms with Gasteiger partial charge in [0, 0.05) is 12.6 Å². The van der Waals surface area contributed by atoms with Crippen molar-refractivity contribution in [2.24, 2.45) is 0 Å². The van der Waals surface area contributed by atoms with Crippen LogP contribution in [0.4, 0.5) is 17.1 Å². The molecule has 12 heteroatoms. The van der Waals surface area contributed by atoms with E-state index in [1.54, 1.807) is 48.5 Å². The molecule has 4 aromatic rings. The molecule has 4 N–H and O–H groups in total. The summed E-state index contributed by atoms with van der Waals surface area (Å²) in [6.07, 6.45) is 0. The van der Waals surface area contributed by atoms with Gasteiger partial charge in [0.05, 0.1) is 21.9 Å². The van der Waals surface area contributed by atoms with Gasteiger partial charge in [-0.1, -0.05) is 36.4 Å². The summed E-state index contributed by atoms with van der Waals surface area (Å²) in [5.74, 6) is -0.375. The maximum Gasteiger partial charge on any atom is 0.488 e. The van der Waals surface area contributed by atoms with Crippen LogP contribution in [0.15, 0.2) is 65.3 Å². The molecule has 0 spiro atoms. The van der Waals surface area contributed by atoms with Crippen LogP contribution in [0.3, 0.4) is 0 Å². The number of carbonyl (C=O) groups excluding carboxylic acids is 1. The van der Waals surface area contributed by atoms with Crippen LogP contribution in [0.25, 0.3) is 11.0 Å². The quantitative estimate of drug-likeness (QED) is 0.192. The van der Waals surface area contributed by atoms with E-state index in [0.29, 0.717) is 28.0 Å². The zero-order valence-corrected chi connectivity index (χ0v) is 16.4. The van der Waals surface area contributed by atoms with Crippen LogP contribution in [0, 0.1) is 10.1 Å². The van der Waals surface area contributed by atoms with E-state index in [-0.39, 0.29) is 29.2 Å². The van der Waals surface area contributed by atoms with E-state index in [1.165, 1.54) is 12.1 Å². The van der Waals surface area contributed by atoms with Gasteiger partial charge in [-0.05, 0) is 39.5 Å². The third kappa shape index (κ3) is 4.26. The van der Waals surface area contributed by atoms with E-state index < -0.39 is 12.0 Å².